The summed E-state index contributed by atoms with van der Waals surface area (Å²) in [5.41, 5.74) is 1.93. The molecule has 1 saturated heterocycles. The molecule has 3 rings (SSSR count). The van der Waals surface area contributed by atoms with E-state index in [4.69, 9.17) is 0 Å². The Balaban J connectivity index is 2.05. The van der Waals surface area contributed by atoms with Crippen LogP contribution in [-0.2, 0) is 5.54 Å². The molecular weight excluding hydrogens is 194 g/mol. The predicted octanol–water partition coefficient (Wildman–Crippen LogP) is 3.41. The Morgan fingerprint density at radius 2 is 1.94 bits per heavy atom. The summed E-state index contributed by atoms with van der Waals surface area (Å²) in [6.45, 7) is 1.28. The Morgan fingerprint density at radius 3 is 2.75 bits per heavy atom. The monoisotopic (exact) mass is 215 g/mol. The van der Waals surface area contributed by atoms with Gasteiger partial charge in [0, 0.05) is 5.54 Å². The van der Waals surface area contributed by atoms with Crippen LogP contribution in [0, 0.1) is 5.92 Å². The van der Waals surface area contributed by atoms with Crippen molar-refractivity contribution in [1.82, 2.24) is 4.90 Å². The average molecular weight is 215 g/mol. The van der Waals surface area contributed by atoms with Crippen molar-refractivity contribution in [2.75, 3.05) is 13.6 Å². The first-order chi connectivity index (χ1) is 7.84. The highest BCUT2D eigenvalue weighted by Crippen LogP contribution is 2.51. The summed E-state index contributed by atoms with van der Waals surface area (Å²) in [7, 11) is 2.32. The van der Waals surface area contributed by atoms with E-state index in [0.717, 1.165) is 5.92 Å². The molecule has 0 unspecified atom stereocenters. The van der Waals surface area contributed by atoms with E-state index in [-0.39, 0.29) is 0 Å². The van der Waals surface area contributed by atoms with Crippen LogP contribution in [-0.4, -0.2) is 18.5 Å². The van der Waals surface area contributed by atoms with Gasteiger partial charge in [0.15, 0.2) is 0 Å². The highest BCUT2D eigenvalue weighted by atomic mass is 15.2. The minimum Gasteiger partial charge on any atom is -0.296 e. The molecule has 0 spiro atoms. The number of nitrogens with zero attached hydrogens (tertiary/aromatic N) is 1. The van der Waals surface area contributed by atoms with E-state index in [1.807, 2.05) is 0 Å². The fraction of sp³-hybridized carbons (Fsp3) is 0.600. The molecular formula is C15H21N. The van der Waals surface area contributed by atoms with E-state index >= 15 is 0 Å². The highest BCUT2D eigenvalue weighted by Gasteiger charge is 2.48. The maximum atomic E-state index is 2.62. The first kappa shape index (κ1) is 10.3. The largest absolute Gasteiger partial charge is 0.296 e. The lowest BCUT2D eigenvalue weighted by Gasteiger charge is -2.44. The van der Waals surface area contributed by atoms with Crippen LogP contribution in [0.4, 0.5) is 0 Å². The Kier molecular flexibility index (Phi) is 2.51. The minimum atomic E-state index is 0.375. The van der Waals surface area contributed by atoms with Gasteiger partial charge in [0.05, 0.1) is 0 Å². The lowest BCUT2D eigenvalue weighted by Crippen LogP contribution is -2.44. The fourth-order valence-corrected chi connectivity index (χ4v) is 3.99. The lowest BCUT2D eigenvalue weighted by atomic mass is 9.69. The van der Waals surface area contributed by atoms with Crippen LogP contribution in [0.15, 0.2) is 30.3 Å². The summed E-state index contributed by atoms with van der Waals surface area (Å²) in [5.74, 6) is 0.897. The maximum absolute atomic E-state index is 2.62. The van der Waals surface area contributed by atoms with Gasteiger partial charge in [-0.3, -0.25) is 4.90 Å². The van der Waals surface area contributed by atoms with Gasteiger partial charge in [-0.25, -0.2) is 0 Å². The summed E-state index contributed by atoms with van der Waals surface area (Å²) in [4.78, 5) is 2.62. The second-order valence-corrected chi connectivity index (χ2v) is 5.44. The van der Waals surface area contributed by atoms with Crippen molar-refractivity contribution in [1.29, 1.82) is 0 Å². The SMILES string of the molecule is CN1CC[C@@H]2CCCC[C@@]21c1ccccc1. The molecule has 0 bridgehead atoms. The van der Waals surface area contributed by atoms with E-state index < -0.39 is 0 Å². The first-order valence-corrected chi connectivity index (χ1v) is 6.61. The maximum Gasteiger partial charge on any atom is 0.0486 e. The van der Waals surface area contributed by atoms with E-state index in [1.165, 1.54) is 38.6 Å². The normalized spacial score (nSPS) is 34.9. The van der Waals surface area contributed by atoms with Crippen molar-refractivity contribution in [2.24, 2.45) is 5.92 Å². The van der Waals surface area contributed by atoms with Crippen LogP contribution >= 0.6 is 0 Å². The molecule has 86 valence electrons. The number of hydrogen-bond acceptors (Lipinski definition) is 1. The van der Waals surface area contributed by atoms with E-state index in [2.05, 4.69) is 42.3 Å². The molecule has 2 fully saturated rings. The smallest absolute Gasteiger partial charge is 0.0486 e. The van der Waals surface area contributed by atoms with Crippen molar-refractivity contribution in [3.05, 3.63) is 35.9 Å². The van der Waals surface area contributed by atoms with Gasteiger partial charge in [0.1, 0.15) is 0 Å². The van der Waals surface area contributed by atoms with Gasteiger partial charge in [-0.05, 0) is 44.3 Å². The Labute approximate surface area is 98.5 Å². The van der Waals surface area contributed by atoms with Gasteiger partial charge in [0.2, 0.25) is 0 Å². The van der Waals surface area contributed by atoms with Crippen LogP contribution < -0.4 is 0 Å². The number of likely N-dealkylation sites (tertiary alicyclic amines) is 1. The van der Waals surface area contributed by atoms with Crippen molar-refractivity contribution in [2.45, 2.75) is 37.6 Å². The van der Waals surface area contributed by atoms with Crippen LogP contribution in [0.5, 0.6) is 0 Å². The molecule has 2 aliphatic rings. The molecule has 2 atom stereocenters. The molecule has 1 saturated carbocycles. The molecule has 16 heavy (non-hydrogen) atoms. The summed E-state index contributed by atoms with van der Waals surface area (Å²) in [5, 5.41) is 0. The summed E-state index contributed by atoms with van der Waals surface area (Å²) < 4.78 is 0. The highest BCUT2D eigenvalue weighted by molar-refractivity contribution is 5.28. The van der Waals surface area contributed by atoms with Crippen molar-refractivity contribution < 1.29 is 0 Å². The zero-order valence-electron chi connectivity index (χ0n) is 10.2. The van der Waals surface area contributed by atoms with Crippen molar-refractivity contribution >= 4 is 0 Å². The zero-order chi connectivity index (χ0) is 11.0. The average Bonchev–Trinajstić information content (AvgIpc) is 2.70. The second kappa shape index (κ2) is 3.89. The van der Waals surface area contributed by atoms with E-state index in [9.17, 15) is 0 Å². The molecule has 1 heterocycles. The van der Waals surface area contributed by atoms with Crippen molar-refractivity contribution in [3.8, 4) is 0 Å². The third kappa shape index (κ3) is 1.34. The quantitative estimate of drug-likeness (QED) is 0.694. The minimum absolute atomic E-state index is 0.375. The van der Waals surface area contributed by atoms with Crippen LogP contribution in [0.1, 0.15) is 37.7 Å². The van der Waals surface area contributed by atoms with E-state index in [0.29, 0.717) is 5.54 Å². The third-order valence-electron chi connectivity index (χ3n) is 4.80. The lowest BCUT2D eigenvalue weighted by molar-refractivity contribution is 0.0828. The summed E-state index contributed by atoms with van der Waals surface area (Å²) in [6, 6.07) is 11.2. The number of benzene rings is 1. The molecule has 0 N–H and O–H groups in total. The molecule has 0 aromatic heterocycles. The van der Waals surface area contributed by atoms with Crippen molar-refractivity contribution in [3.63, 3.8) is 0 Å². The Morgan fingerprint density at radius 1 is 1.12 bits per heavy atom. The van der Waals surface area contributed by atoms with Gasteiger partial charge in [-0.1, -0.05) is 43.2 Å². The molecule has 1 nitrogen and oxygen atoms in total. The molecule has 1 aromatic carbocycles. The summed E-state index contributed by atoms with van der Waals surface area (Å²) in [6.07, 6.45) is 7.02. The summed E-state index contributed by atoms with van der Waals surface area (Å²) >= 11 is 0. The molecule has 0 radical (unpaired) electrons. The molecule has 1 heteroatoms. The predicted molar refractivity (Wildman–Crippen MR) is 67.3 cm³/mol. The molecule has 1 aromatic rings. The molecule has 1 aliphatic heterocycles. The van der Waals surface area contributed by atoms with Gasteiger partial charge < -0.3 is 0 Å². The fourth-order valence-electron chi connectivity index (χ4n) is 3.99. The van der Waals surface area contributed by atoms with Gasteiger partial charge in [-0.15, -0.1) is 0 Å². The van der Waals surface area contributed by atoms with Gasteiger partial charge in [-0.2, -0.15) is 0 Å². The topological polar surface area (TPSA) is 3.24 Å². The number of fused-ring (bicyclic) bond motifs is 1. The number of hydrogen-bond donors (Lipinski definition) is 0. The number of rotatable bonds is 1. The zero-order valence-corrected chi connectivity index (χ0v) is 10.2. The second-order valence-electron chi connectivity index (χ2n) is 5.44. The standard InChI is InChI=1S/C15H21N/c1-16-12-10-14-9-5-6-11-15(14,16)13-7-3-2-4-8-13/h2-4,7-8,14H,5-6,9-12H2,1H3/t14-,15+/m0/s1. The molecule has 0 amide bonds. The Bertz CT molecular complexity index is 357. The Hall–Kier alpha value is -0.820. The van der Waals surface area contributed by atoms with Crippen LogP contribution in [0.25, 0.3) is 0 Å². The van der Waals surface area contributed by atoms with E-state index in [1.54, 1.807) is 5.56 Å². The molecule has 1 aliphatic carbocycles. The third-order valence-corrected chi connectivity index (χ3v) is 4.80. The van der Waals surface area contributed by atoms with Crippen LogP contribution in [0.3, 0.4) is 0 Å². The van der Waals surface area contributed by atoms with Gasteiger partial charge in [0.25, 0.3) is 0 Å². The van der Waals surface area contributed by atoms with Gasteiger partial charge >= 0.3 is 0 Å². The van der Waals surface area contributed by atoms with Crippen LogP contribution in [0.2, 0.25) is 0 Å². The first-order valence-electron chi connectivity index (χ1n) is 6.61.